The summed E-state index contributed by atoms with van der Waals surface area (Å²) in [5, 5.41) is 0. The van der Waals surface area contributed by atoms with Crippen molar-refractivity contribution in [2.24, 2.45) is 0 Å². The van der Waals surface area contributed by atoms with E-state index in [-0.39, 0.29) is 24.1 Å². The SMILES string of the molecule is CCN(Cc1ccc(Cl)s1)C(=O)N1[C@@H]2CC[C@H]1CN(C(=O)N(c1ccccc1)c1ccccc1)C2. The second-order valence-corrected chi connectivity index (χ2v) is 10.8. The monoisotopic (exact) mass is 508 g/mol. The average Bonchev–Trinajstić information content (AvgIpc) is 3.42. The van der Waals surface area contributed by atoms with Crippen molar-refractivity contribution in [2.45, 2.75) is 38.4 Å². The Labute approximate surface area is 215 Å². The number of piperazine rings is 1. The minimum atomic E-state index is -0.0491. The summed E-state index contributed by atoms with van der Waals surface area (Å²) < 4.78 is 0.733. The molecule has 2 fully saturated rings. The van der Waals surface area contributed by atoms with E-state index in [4.69, 9.17) is 11.6 Å². The Hall–Kier alpha value is -3.03. The van der Waals surface area contributed by atoms with Crippen LogP contribution in [0.1, 0.15) is 24.6 Å². The van der Waals surface area contributed by atoms with Crippen molar-refractivity contribution in [1.82, 2.24) is 14.7 Å². The molecule has 4 amide bonds. The third-order valence-corrected chi connectivity index (χ3v) is 8.04. The number of amides is 4. The van der Waals surface area contributed by atoms with E-state index in [1.165, 1.54) is 11.3 Å². The number of para-hydroxylation sites is 2. The molecule has 0 aliphatic carbocycles. The molecular weight excluding hydrogens is 480 g/mol. The van der Waals surface area contributed by atoms with Crippen LogP contribution in [0.15, 0.2) is 72.8 Å². The maximum absolute atomic E-state index is 13.9. The highest BCUT2D eigenvalue weighted by molar-refractivity contribution is 7.16. The molecule has 2 aliphatic heterocycles. The predicted octanol–water partition coefficient (Wildman–Crippen LogP) is 6.45. The molecule has 35 heavy (non-hydrogen) atoms. The number of likely N-dealkylation sites (tertiary alicyclic amines) is 1. The van der Waals surface area contributed by atoms with Gasteiger partial charge in [-0.05, 0) is 56.2 Å². The zero-order chi connectivity index (χ0) is 24.4. The second kappa shape index (κ2) is 10.3. The van der Waals surface area contributed by atoms with Crippen molar-refractivity contribution in [3.8, 4) is 0 Å². The van der Waals surface area contributed by atoms with Gasteiger partial charge in [0.2, 0.25) is 0 Å². The van der Waals surface area contributed by atoms with Crippen LogP contribution in [0.2, 0.25) is 4.34 Å². The number of fused-ring (bicyclic) bond motifs is 2. The van der Waals surface area contributed by atoms with Gasteiger partial charge in [-0.15, -0.1) is 11.3 Å². The molecule has 0 saturated carbocycles. The molecule has 5 rings (SSSR count). The summed E-state index contributed by atoms with van der Waals surface area (Å²) in [6.07, 6.45) is 1.83. The van der Waals surface area contributed by atoms with Crippen molar-refractivity contribution in [2.75, 3.05) is 24.5 Å². The largest absolute Gasteiger partial charge is 0.329 e. The van der Waals surface area contributed by atoms with Crippen molar-refractivity contribution >= 4 is 46.4 Å². The van der Waals surface area contributed by atoms with Gasteiger partial charge < -0.3 is 14.7 Å². The number of carbonyl (C=O) groups excluding carboxylic acids is 2. The predicted molar refractivity (Wildman–Crippen MR) is 141 cm³/mol. The number of thiophene rings is 1. The van der Waals surface area contributed by atoms with Gasteiger partial charge in [0.1, 0.15) is 0 Å². The van der Waals surface area contributed by atoms with E-state index in [0.29, 0.717) is 26.2 Å². The summed E-state index contributed by atoms with van der Waals surface area (Å²) in [4.78, 5) is 36.1. The third kappa shape index (κ3) is 4.88. The summed E-state index contributed by atoms with van der Waals surface area (Å²) in [5.74, 6) is 0. The number of carbonyl (C=O) groups is 2. The fraction of sp³-hybridized carbons (Fsp3) is 0.333. The standard InChI is InChI=1S/C27H29ClN4O2S/c1-2-29(19-24-15-16-25(28)35-24)26(33)32-22-13-14-23(32)18-30(17-22)27(34)31(20-9-5-3-6-10-20)21-11-7-4-8-12-21/h3-12,15-16,22-23H,2,13-14,17-19H2,1H3/t22-,23+. The van der Waals surface area contributed by atoms with Crippen LogP contribution in [0.25, 0.3) is 0 Å². The quantitative estimate of drug-likeness (QED) is 0.397. The molecule has 6 nitrogen and oxygen atoms in total. The Kier molecular flexibility index (Phi) is 6.97. The van der Waals surface area contributed by atoms with Gasteiger partial charge in [0.25, 0.3) is 0 Å². The molecule has 8 heteroatoms. The number of hydrogen-bond donors (Lipinski definition) is 0. The summed E-state index contributed by atoms with van der Waals surface area (Å²) in [6.45, 7) is 4.27. The highest BCUT2D eigenvalue weighted by atomic mass is 35.5. The van der Waals surface area contributed by atoms with Crippen LogP contribution in [0.5, 0.6) is 0 Å². The van der Waals surface area contributed by atoms with Gasteiger partial charge in [0.15, 0.2) is 0 Å². The lowest BCUT2D eigenvalue weighted by atomic mass is 10.2. The number of hydrogen-bond acceptors (Lipinski definition) is 3. The van der Waals surface area contributed by atoms with E-state index < -0.39 is 0 Å². The van der Waals surface area contributed by atoms with Crippen molar-refractivity contribution in [3.63, 3.8) is 0 Å². The fourth-order valence-corrected chi connectivity index (χ4v) is 6.24. The van der Waals surface area contributed by atoms with E-state index in [1.54, 1.807) is 4.90 Å². The molecule has 2 aliphatic rings. The van der Waals surface area contributed by atoms with Gasteiger partial charge in [-0.3, -0.25) is 4.90 Å². The molecular formula is C27H29ClN4O2S. The number of urea groups is 2. The van der Waals surface area contributed by atoms with Gasteiger partial charge in [0, 0.05) is 24.5 Å². The highest BCUT2D eigenvalue weighted by Gasteiger charge is 2.45. The van der Waals surface area contributed by atoms with Crippen LogP contribution < -0.4 is 4.90 Å². The minimum absolute atomic E-state index is 0.0274. The highest BCUT2D eigenvalue weighted by Crippen LogP contribution is 2.34. The van der Waals surface area contributed by atoms with Crippen molar-refractivity contribution in [3.05, 3.63) is 82.0 Å². The van der Waals surface area contributed by atoms with E-state index in [1.807, 2.05) is 94.4 Å². The van der Waals surface area contributed by atoms with Gasteiger partial charge >= 0.3 is 12.1 Å². The van der Waals surface area contributed by atoms with E-state index >= 15 is 0 Å². The van der Waals surface area contributed by atoms with Crippen molar-refractivity contribution < 1.29 is 9.59 Å². The average molecular weight is 509 g/mol. The minimum Gasteiger partial charge on any atom is -0.320 e. The van der Waals surface area contributed by atoms with Gasteiger partial charge in [0.05, 0.1) is 34.3 Å². The zero-order valence-corrected chi connectivity index (χ0v) is 21.3. The Bertz CT molecular complexity index is 1120. The third-order valence-electron chi connectivity index (χ3n) is 6.82. The fourth-order valence-electron chi connectivity index (χ4n) is 5.14. The normalized spacial score (nSPS) is 19.0. The lowest BCUT2D eigenvalue weighted by Crippen LogP contribution is -2.61. The molecule has 2 bridgehead atoms. The first-order valence-electron chi connectivity index (χ1n) is 12.1. The number of nitrogens with zero attached hydrogens (tertiary/aromatic N) is 4. The molecule has 0 radical (unpaired) electrons. The lowest BCUT2D eigenvalue weighted by Gasteiger charge is -2.44. The molecule has 0 unspecified atom stereocenters. The molecule has 1 aromatic heterocycles. The second-order valence-electron chi connectivity index (χ2n) is 8.99. The van der Waals surface area contributed by atoms with Crippen LogP contribution in [0, 0.1) is 0 Å². The summed E-state index contributed by atoms with van der Waals surface area (Å²) >= 11 is 7.61. The number of anilines is 2. The first kappa shape index (κ1) is 23.7. The zero-order valence-electron chi connectivity index (χ0n) is 19.7. The van der Waals surface area contributed by atoms with Crippen LogP contribution in [0.4, 0.5) is 21.0 Å². The maximum Gasteiger partial charge on any atom is 0.329 e. The molecule has 3 aromatic rings. The first-order chi connectivity index (χ1) is 17.0. The van der Waals surface area contributed by atoms with Gasteiger partial charge in [-0.2, -0.15) is 0 Å². The molecule has 0 spiro atoms. The summed E-state index contributed by atoms with van der Waals surface area (Å²) in [6, 6.07) is 23.4. The molecule has 182 valence electrons. The van der Waals surface area contributed by atoms with E-state index in [2.05, 4.69) is 0 Å². The summed E-state index contributed by atoms with van der Waals surface area (Å²) in [7, 11) is 0. The molecule has 2 aromatic carbocycles. The molecule has 2 atom stereocenters. The van der Waals surface area contributed by atoms with Crippen LogP contribution in [-0.2, 0) is 6.54 Å². The van der Waals surface area contributed by atoms with E-state index in [0.717, 1.165) is 33.4 Å². The number of benzene rings is 2. The Morgan fingerprint density at radius 2 is 1.46 bits per heavy atom. The Balaban J connectivity index is 1.33. The number of halogens is 1. The smallest absolute Gasteiger partial charge is 0.320 e. The topological polar surface area (TPSA) is 47.1 Å². The lowest BCUT2D eigenvalue weighted by molar-refractivity contribution is 0.0818. The van der Waals surface area contributed by atoms with Gasteiger partial charge in [-0.25, -0.2) is 9.59 Å². The first-order valence-corrected chi connectivity index (χ1v) is 13.2. The molecule has 2 saturated heterocycles. The van der Waals surface area contributed by atoms with Gasteiger partial charge in [-0.1, -0.05) is 48.0 Å². The van der Waals surface area contributed by atoms with Crippen molar-refractivity contribution in [1.29, 1.82) is 0 Å². The molecule has 3 heterocycles. The van der Waals surface area contributed by atoms with Crippen LogP contribution >= 0.6 is 22.9 Å². The van der Waals surface area contributed by atoms with E-state index in [9.17, 15) is 9.59 Å². The van der Waals surface area contributed by atoms with Crippen LogP contribution in [0.3, 0.4) is 0 Å². The Morgan fingerprint density at radius 1 is 0.886 bits per heavy atom. The summed E-state index contributed by atoms with van der Waals surface area (Å²) in [5.41, 5.74) is 1.67. The Morgan fingerprint density at radius 3 is 1.94 bits per heavy atom. The molecule has 0 N–H and O–H groups in total. The maximum atomic E-state index is 13.9. The van der Waals surface area contributed by atoms with Crippen LogP contribution in [-0.4, -0.2) is 58.5 Å². The number of rotatable bonds is 5.